The zero-order valence-corrected chi connectivity index (χ0v) is 15.2. The summed E-state index contributed by atoms with van der Waals surface area (Å²) in [6.45, 7) is 0.241. The number of hydrogen-bond donors (Lipinski definition) is 0. The maximum Gasteiger partial charge on any atom is 0.265 e. The van der Waals surface area contributed by atoms with Gasteiger partial charge in [0.05, 0.1) is 16.9 Å². The van der Waals surface area contributed by atoms with Crippen molar-refractivity contribution in [3.63, 3.8) is 0 Å². The van der Waals surface area contributed by atoms with Crippen molar-refractivity contribution in [1.82, 2.24) is 19.5 Å². The van der Waals surface area contributed by atoms with E-state index in [2.05, 4.69) is 15.0 Å². The second kappa shape index (κ2) is 6.40. The third kappa shape index (κ3) is 2.41. The minimum absolute atomic E-state index is 0.102. The fraction of sp³-hybridized carbons (Fsp3) is 0.0500. The molecule has 0 spiro atoms. The average molecular weight is 385 g/mol. The maximum atomic E-state index is 13.4. The van der Waals surface area contributed by atoms with Crippen molar-refractivity contribution in [2.45, 2.75) is 6.61 Å². The lowest BCUT2D eigenvalue weighted by Gasteiger charge is -2.24. The average Bonchev–Trinajstić information content (AvgIpc) is 3.27. The highest BCUT2D eigenvalue weighted by atomic mass is 32.1. The van der Waals surface area contributed by atoms with Gasteiger partial charge < -0.3 is 4.74 Å². The molecule has 4 aromatic rings. The monoisotopic (exact) mass is 385 g/mol. The van der Waals surface area contributed by atoms with Crippen LogP contribution in [0.2, 0.25) is 0 Å². The summed E-state index contributed by atoms with van der Waals surface area (Å²) >= 11 is 1.49. The van der Waals surface area contributed by atoms with Crippen molar-refractivity contribution in [1.29, 1.82) is 5.26 Å². The Kier molecular flexibility index (Phi) is 3.74. The summed E-state index contributed by atoms with van der Waals surface area (Å²) in [5.74, 6) is 0.649. The molecule has 1 aliphatic rings. The number of rotatable bonds is 2. The van der Waals surface area contributed by atoms with Crippen LogP contribution in [-0.2, 0) is 6.61 Å². The van der Waals surface area contributed by atoms with Gasteiger partial charge >= 0.3 is 0 Å². The molecule has 0 fully saturated rings. The minimum atomic E-state index is -0.280. The Morgan fingerprint density at radius 3 is 2.79 bits per heavy atom. The molecule has 5 rings (SSSR count). The number of fused-ring (bicyclic) bond motifs is 3. The molecule has 7 nitrogen and oxygen atoms in total. The highest BCUT2D eigenvalue weighted by molar-refractivity contribution is 7.08. The van der Waals surface area contributed by atoms with Gasteiger partial charge in [0, 0.05) is 29.5 Å². The smallest absolute Gasteiger partial charge is 0.265 e. The molecule has 28 heavy (non-hydrogen) atoms. The lowest BCUT2D eigenvalue weighted by atomic mass is 10.0. The number of ether oxygens (including phenoxy) is 1. The Labute approximate surface area is 163 Å². The Morgan fingerprint density at radius 2 is 1.96 bits per heavy atom. The predicted octanol–water partition coefficient (Wildman–Crippen LogP) is 3.18. The van der Waals surface area contributed by atoms with Gasteiger partial charge in [0.15, 0.2) is 5.69 Å². The van der Waals surface area contributed by atoms with Gasteiger partial charge in [0.2, 0.25) is 0 Å². The standard InChI is InChI=1S/C20H11N5O2S/c21-9-15-18(24-6-5-22-15)14-8-13-16(10-27-17-2-1-4-23-19(13)17)25(20(14)26)12-3-7-28-11-12/h1-8,11H,10H2. The molecule has 0 amide bonds. The predicted molar refractivity (Wildman–Crippen MR) is 103 cm³/mol. The summed E-state index contributed by atoms with van der Waals surface area (Å²) in [4.78, 5) is 26.2. The molecule has 0 aliphatic carbocycles. The van der Waals surface area contributed by atoms with Crippen molar-refractivity contribution >= 4 is 11.3 Å². The number of thiophene rings is 1. The van der Waals surface area contributed by atoms with Gasteiger partial charge in [-0.3, -0.25) is 19.3 Å². The van der Waals surface area contributed by atoms with E-state index in [0.717, 1.165) is 11.3 Å². The van der Waals surface area contributed by atoms with Crippen LogP contribution in [0.3, 0.4) is 0 Å². The molecule has 0 radical (unpaired) electrons. The first-order valence-corrected chi connectivity index (χ1v) is 9.33. The molecule has 0 N–H and O–H groups in total. The zero-order valence-electron chi connectivity index (χ0n) is 14.4. The molecular weight excluding hydrogens is 374 g/mol. The quantitative estimate of drug-likeness (QED) is 0.526. The lowest BCUT2D eigenvalue weighted by Crippen LogP contribution is -2.27. The van der Waals surface area contributed by atoms with Gasteiger partial charge in [-0.15, -0.1) is 0 Å². The summed E-state index contributed by atoms with van der Waals surface area (Å²) < 4.78 is 7.44. The summed E-state index contributed by atoms with van der Waals surface area (Å²) in [5, 5.41) is 13.2. The van der Waals surface area contributed by atoms with Gasteiger partial charge in [-0.1, -0.05) is 0 Å². The zero-order chi connectivity index (χ0) is 19.1. The number of hydrogen-bond acceptors (Lipinski definition) is 7. The molecule has 8 heteroatoms. The number of nitriles is 1. The van der Waals surface area contributed by atoms with Crippen molar-refractivity contribution in [2.75, 3.05) is 0 Å². The molecule has 4 aromatic heterocycles. The molecule has 0 atom stereocenters. The Hall–Kier alpha value is -3.83. The van der Waals surface area contributed by atoms with E-state index in [0.29, 0.717) is 22.7 Å². The molecule has 1 aliphatic heterocycles. The van der Waals surface area contributed by atoms with Crippen LogP contribution in [0.4, 0.5) is 0 Å². The van der Waals surface area contributed by atoms with E-state index in [1.165, 1.54) is 23.7 Å². The molecule has 0 saturated heterocycles. The van der Waals surface area contributed by atoms with Crippen molar-refractivity contribution in [2.24, 2.45) is 0 Å². The normalized spacial score (nSPS) is 11.8. The third-order valence-corrected chi connectivity index (χ3v) is 5.19. The second-order valence-electron chi connectivity index (χ2n) is 6.04. The fourth-order valence-corrected chi connectivity index (χ4v) is 3.92. The fourth-order valence-electron chi connectivity index (χ4n) is 3.30. The third-order valence-electron chi connectivity index (χ3n) is 4.52. The molecule has 134 valence electrons. The van der Waals surface area contributed by atoms with Crippen molar-refractivity contribution in [3.05, 3.63) is 75.4 Å². The first-order valence-electron chi connectivity index (χ1n) is 8.39. The molecule has 0 bridgehead atoms. The molecule has 5 heterocycles. The molecule has 0 aromatic carbocycles. The van der Waals surface area contributed by atoms with Gasteiger partial charge in [0.1, 0.15) is 29.8 Å². The van der Waals surface area contributed by atoms with E-state index < -0.39 is 0 Å². The van der Waals surface area contributed by atoms with E-state index in [1.54, 1.807) is 22.9 Å². The van der Waals surface area contributed by atoms with E-state index in [-0.39, 0.29) is 23.6 Å². The second-order valence-corrected chi connectivity index (χ2v) is 6.82. The topological polar surface area (TPSA) is 93.7 Å². The molecule has 0 unspecified atom stereocenters. The SMILES string of the molecule is N#Cc1nccnc1-c1cc2c(n(-c3ccsc3)c1=O)COc1cccnc1-2. The van der Waals surface area contributed by atoms with E-state index in [4.69, 9.17) is 4.74 Å². The van der Waals surface area contributed by atoms with Crippen LogP contribution in [-0.4, -0.2) is 19.5 Å². The van der Waals surface area contributed by atoms with Gasteiger partial charge in [-0.05, 0) is 29.6 Å². The van der Waals surface area contributed by atoms with E-state index in [9.17, 15) is 10.1 Å². The summed E-state index contributed by atoms with van der Waals surface area (Å²) in [6.07, 6.45) is 4.59. The Bertz CT molecular complexity index is 1310. The van der Waals surface area contributed by atoms with Crippen LogP contribution in [0.15, 0.2) is 58.4 Å². The first kappa shape index (κ1) is 16.4. The Balaban J connectivity index is 1.90. The molecular formula is C20H11N5O2S. The van der Waals surface area contributed by atoms with Crippen LogP contribution in [0.5, 0.6) is 5.75 Å². The largest absolute Gasteiger partial charge is 0.485 e. The van der Waals surface area contributed by atoms with Gasteiger partial charge in [-0.2, -0.15) is 16.6 Å². The minimum Gasteiger partial charge on any atom is -0.485 e. The molecule has 0 saturated carbocycles. The number of pyridine rings is 2. The Morgan fingerprint density at radius 1 is 1.11 bits per heavy atom. The van der Waals surface area contributed by atoms with Crippen LogP contribution >= 0.6 is 11.3 Å². The number of nitrogens with zero attached hydrogens (tertiary/aromatic N) is 5. The van der Waals surface area contributed by atoms with Gasteiger partial charge in [0.25, 0.3) is 5.56 Å². The number of aromatic nitrogens is 4. The van der Waals surface area contributed by atoms with Crippen LogP contribution in [0.1, 0.15) is 11.4 Å². The van der Waals surface area contributed by atoms with E-state index in [1.807, 2.05) is 29.0 Å². The lowest BCUT2D eigenvalue weighted by molar-refractivity contribution is 0.292. The summed E-state index contributed by atoms with van der Waals surface area (Å²) in [5.41, 5.74) is 3.24. The van der Waals surface area contributed by atoms with Crippen LogP contribution < -0.4 is 10.3 Å². The van der Waals surface area contributed by atoms with E-state index >= 15 is 0 Å². The van der Waals surface area contributed by atoms with Crippen LogP contribution in [0.25, 0.3) is 28.2 Å². The van der Waals surface area contributed by atoms with Crippen molar-refractivity contribution < 1.29 is 4.74 Å². The summed E-state index contributed by atoms with van der Waals surface area (Å²) in [7, 11) is 0. The first-order chi connectivity index (χ1) is 13.8. The highest BCUT2D eigenvalue weighted by Gasteiger charge is 2.26. The van der Waals surface area contributed by atoms with Crippen molar-refractivity contribution in [3.8, 4) is 40.0 Å². The summed E-state index contributed by atoms with van der Waals surface area (Å²) in [6, 6.07) is 9.26. The maximum absolute atomic E-state index is 13.4. The van der Waals surface area contributed by atoms with Crippen LogP contribution in [0, 0.1) is 11.3 Å². The van der Waals surface area contributed by atoms with Gasteiger partial charge in [-0.25, -0.2) is 4.98 Å². The highest BCUT2D eigenvalue weighted by Crippen LogP contribution is 2.37.